The van der Waals surface area contributed by atoms with Crippen molar-refractivity contribution in [3.63, 3.8) is 0 Å². The second-order valence-electron chi connectivity index (χ2n) is 5.72. The van der Waals surface area contributed by atoms with Gasteiger partial charge in [0, 0.05) is 5.69 Å². The van der Waals surface area contributed by atoms with E-state index >= 15 is 0 Å². The number of amides is 2. The van der Waals surface area contributed by atoms with Gasteiger partial charge in [-0.15, -0.1) is 0 Å². The highest BCUT2D eigenvalue weighted by atomic mass is 32.2. The molecule has 0 radical (unpaired) electrons. The highest BCUT2D eigenvalue weighted by molar-refractivity contribution is 8.05. The number of hydrogen-bond donors (Lipinski definition) is 1. The Morgan fingerprint density at radius 2 is 2.11 bits per heavy atom. The number of hydrogen-bond acceptors (Lipinski definition) is 5. The summed E-state index contributed by atoms with van der Waals surface area (Å²) < 4.78 is 18.4. The number of anilines is 1. The van der Waals surface area contributed by atoms with Gasteiger partial charge in [-0.1, -0.05) is 18.7 Å². The normalized spacial score (nSPS) is 18.3. The maximum Gasteiger partial charge on any atom is 0.265 e. The molecule has 6 nitrogen and oxygen atoms in total. The fourth-order valence-electron chi connectivity index (χ4n) is 2.61. The van der Waals surface area contributed by atoms with Gasteiger partial charge in [0.1, 0.15) is 28.2 Å². The minimum Gasteiger partial charge on any atom is -0.467 e. The molecule has 0 bridgehead atoms. The van der Waals surface area contributed by atoms with Crippen LogP contribution in [0, 0.1) is 17.1 Å². The van der Waals surface area contributed by atoms with Crippen molar-refractivity contribution in [1.82, 2.24) is 5.32 Å². The van der Waals surface area contributed by atoms with Crippen molar-refractivity contribution in [2.45, 2.75) is 25.1 Å². The van der Waals surface area contributed by atoms with Gasteiger partial charge in [0.15, 0.2) is 0 Å². The van der Waals surface area contributed by atoms with Crippen molar-refractivity contribution in [3.05, 3.63) is 64.8 Å². The zero-order valence-corrected chi connectivity index (χ0v) is 15.3. The molecule has 1 N–H and O–H groups in total. The van der Waals surface area contributed by atoms with E-state index in [-0.39, 0.29) is 23.1 Å². The Kier molecular flexibility index (Phi) is 5.62. The van der Waals surface area contributed by atoms with E-state index in [4.69, 9.17) is 4.42 Å². The summed E-state index contributed by atoms with van der Waals surface area (Å²) in [7, 11) is 0. The van der Waals surface area contributed by atoms with E-state index in [9.17, 15) is 19.2 Å². The van der Waals surface area contributed by atoms with E-state index in [1.807, 2.05) is 13.0 Å². The highest BCUT2D eigenvalue weighted by Gasteiger charge is 2.39. The van der Waals surface area contributed by atoms with Crippen molar-refractivity contribution >= 4 is 29.3 Å². The Balaban J connectivity index is 1.94. The second kappa shape index (κ2) is 8.10. The predicted molar refractivity (Wildman–Crippen MR) is 98.7 cm³/mol. The van der Waals surface area contributed by atoms with E-state index in [2.05, 4.69) is 5.32 Å². The highest BCUT2D eigenvalue weighted by Crippen LogP contribution is 2.41. The molecule has 1 aliphatic rings. The molecule has 0 spiro atoms. The molecular formula is C19H16FN3O3S. The van der Waals surface area contributed by atoms with Gasteiger partial charge in [-0.05, 0) is 42.8 Å². The zero-order valence-electron chi connectivity index (χ0n) is 14.4. The first-order chi connectivity index (χ1) is 13.0. The van der Waals surface area contributed by atoms with Crippen LogP contribution in [0.1, 0.15) is 19.1 Å². The maximum atomic E-state index is 13.3. The van der Waals surface area contributed by atoms with Crippen molar-refractivity contribution in [2.24, 2.45) is 0 Å². The lowest BCUT2D eigenvalue weighted by Gasteiger charge is -2.18. The van der Waals surface area contributed by atoms with Crippen LogP contribution in [0.3, 0.4) is 0 Å². The summed E-state index contributed by atoms with van der Waals surface area (Å²) in [4.78, 5) is 26.6. The third kappa shape index (κ3) is 3.88. The SMILES string of the molecule is CC[C@@H]1S/C(=C(\C#N)C(=O)NCc2ccco2)N(c2ccc(F)cc2)C1=O. The number of halogens is 1. The number of rotatable bonds is 5. The van der Waals surface area contributed by atoms with Gasteiger partial charge in [0.25, 0.3) is 5.91 Å². The Morgan fingerprint density at radius 3 is 2.70 bits per heavy atom. The zero-order chi connectivity index (χ0) is 19.4. The van der Waals surface area contributed by atoms with Crippen LogP contribution in [0.4, 0.5) is 10.1 Å². The first-order valence-corrected chi connectivity index (χ1v) is 9.14. The molecular weight excluding hydrogens is 369 g/mol. The van der Waals surface area contributed by atoms with E-state index in [1.165, 1.54) is 47.2 Å². The summed E-state index contributed by atoms with van der Waals surface area (Å²) in [6.07, 6.45) is 2.02. The molecule has 1 atom stereocenters. The monoisotopic (exact) mass is 385 g/mol. The molecule has 1 aromatic heterocycles. The van der Waals surface area contributed by atoms with E-state index in [1.54, 1.807) is 12.1 Å². The molecule has 8 heteroatoms. The van der Waals surface area contributed by atoms with Gasteiger partial charge in [0.05, 0.1) is 18.1 Å². The summed E-state index contributed by atoms with van der Waals surface area (Å²) in [6, 6.07) is 10.6. The summed E-state index contributed by atoms with van der Waals surface area (Å²) in [5.41, 5.74) is 0.242. The molecule has 2 heterocycles. The van der Waals surface area contributed by atoms with Gasteiger partial charge in [-0.3, -0.25) is 14.5 Å². The number of benzene rings is 1. The number of thioether (sulfide) groups is 1. The quantitative estimate of drug-likeness (QED) is 0.630. The maximum absolute atomic E-state index is 13.3. The van der Waals surface area contributed by atoms with Crippen LogP contribution < -0.4 is 10.2 Å². The van der Waals surface area contributed by atoms with E-state index in [0.717, 1.165) is 0 Å². The third-order valence-corrected chi connectivity index (χ3v) is 5.39. The Hall–Kier alpha value is -3.05. The molecule has 0 unspecified atom stereocenters. The van der Waals surface area contributed by atoms with Gasteiger partial charge in [-0.2, -0.15) is 5.26 Å². The third-order valence-electron chi connectivity index (χ3n) is 3.96. The van der Waals surface area contributed by atoms with Crippen LogP contribution in [0.5, 0.6) is 0 Å². The summed E-state index contributed by atoms with van der Waals surface area (Å²) in [6.45, 7) is 1.97. The van der Waals surface area contributed by atoms with E-state index in [0.29, 0.717) is 17.9 Å². The molecule has 0 aliphatic carbocycles. The predicted octanol–water partition coefficient (Wildman–Crippen LogP) is 3.33. The van der Waals surface area contributed by atoms with Crippen LogP contribution in [-0.2, 0) is 16.1 Å². The van der Waals surface area contributed by atoms with Crippen LogP contribution in [-0.4, -0.2) is 17.1 Å². The lowest BCUT2D eigenvalue weighted by Crippen LogP contribution is -2.31. The van der Waals surface area contributed by atoms with Crippen LogP contribution in [0.2, 0.25) is 0 Å². The van der Waals surface area contributed by atoms with Crippen LogP contribution >= 0.6 is 11.8 Å². The molecule has 1 aliphatic heterocycles. The first kappa shape index (κ1) is 18.7. The average molecular weight is 385 g/mol. The minimum atomic E-state index is -0.604. The summed E-state index contributed by atoms with van der Waals surface area (Å²) >= 11 is 1.17. The largest absolute Gasteiger partial charge is 0.467 e. The number of nitriles is 1. The molecule has 1 saturated heterocycles. The molecule has 2 amide bonds. The number of nitrogens with one attached hydrogen (secondary N) is 1. The lowest BCUT2D eigenvalue weighted by molar-refractivity contribution is -0.117. The number of furan rings is 1. The smallest absolute Gasteiger partial charge is 0.265 e. The second-order valence-corrected chi connectivity index (χ2v) is 6.91. The van der Waals surface area contributed by atoms with Gasteiger partial charge < -0.3 is 9.73 Å². The van der Waals surface area contributed by atoms with Gasteiger partial charge in [0.2, 0.25) is 5.91 Å². The molecule has 2 aromatic rings. The summed E-state index contributed by atoms with van der Waals surface area (Å²) in [5.74, 6) is -0.737. The fraction of sp³-hybridized carbons (Fsp3) is 0.211. The summed E-state index contributed by atoms with van der Waals surface area (Å²) in [5, 5.41) is 12.0. The lowest BCUT2D eigenvalue weighted by atomic mass is 10.2. The van der Waals surface area contributed by atoms with Crippen LogP contribution in [0.25, 0.3) is 0 Å². The number of carbonyl (C=O) groups excluding carboxylic acids is 2. The molecule has 138 valence electrons. The van der Waals surface area contributed by atoms with Gasteiger partial charge >= 0.3 is 0 Å². The van der Waals surface area contributed by atoms with Crippen molar-refractivity contribution in [2.75, 3.05) is 4.90 Å². The minimum absolute atomic E-state index is 0.122. The van der Waals surface area contributed by atoms with Crippen molar-refractivity contribution in [1.29, 1.82) is 5.26 Å². The average Bonchev–Trinajstić information content (AvgIpc) is 3.29. The standard InChI is InChI=1S/C19H16FN3O3S/c1-2-16-18(25)23(13-7-5-12(20)6-8-13)19(27-16)15(10-21)17(24)22-11-14-4-3-9-26-14/h3-9,16H,2,11H2,1H3,(H,22,24)/b19-15+/t16-/m0/s1. The molecule has 27 heavy (non-hydrogen) atoms. The van der Waals surface area contributed by atoms with Crippen LogP contribution in [0.15, 0.2) is 57.7 Å². The van der Waals surface area contributed by atoms with Crippen molar-refractivity contribution in [3.8, 4) is 6.07 Å². The Bertz CT molecular complexity index is 917. The molecule has 1 aromatic carbocycles. The number of nitrogens with zero attached hydrogens (tertiary/aromatic N) is 2. The Labute approximate surface area is 159 Å². The first-order valence-electron chi connectivity index (χ1n) is 8.26. The molecule has 1 fully saturated rings. The topological polar surface area (TPSA) is 86.3 Å². The number of carbonyl (C=O) groups is 2. The molecule has 0 saturated carbocycles. The fourth-order valence-corrected chi connectivity index (χ4v) is 3.81. The van der Waals surface area contributed by atoms with Gasteiger partial charge in [-0.25, -0.2) is 4.39 Å². The molecule has 3 rings (SSSR count). The van der Waals surface area contributed by atoms with E-state index < -0.39 is 17.0 Å². The Morgan fingerprint density at radius 1 is 1.37 bits per heavy atom. The van der Waals surface area contributed by atoms with Crippen molar-refractivity contribution < 1.29 is 18.4 Å².